The Morgan fingerprint density at radius 2 is 1.81 bits per heavy atom. The minimum atomic E-state index is -4.58. The van der Waals surface area contributed by atoms with E-state index in [1.807, 2.05) is 0 Å². The quantitative estimate of drug-likeness (QED) is 0.623. The van der Waals surface area contributed by atoms with E-state index in [1.54, 1.807) is 6.92 Å². The summed E-state index contributed by atoms with van der Waals surface area (Å²) < 4.78 is 62.2. The van der Waals surface area contributed by atoms with E-state index in [1.165, 1.54) is 24.3 Å². The van der Waals surface area contributed by atoms with Gasteiger partial charge >= 0.3 is 11.2 Å². The van der Waals surface area contributed by atoms with E-state index >= 15 is 0 Å². The molecule has 0 aliphatic heterocycles. The van der Waals surface area contributed by atoms with Crippen LogP contribution >= 0.6 is 0 Å². The SMILES string of the molecule is Cc1ccc(S(=O)(=O)C(=CNc2ccc(C(F)(F)F)cn2)[N+](=O)[O-])cc1. The first kappa shape index (κ1) is 19.4. The molecule has 0 amide bonds. The average molecular weight is 387 g/mol. The van der Waals surface area contributed by atoms with Crippen molar-refractivity contribution < 1.29 is 26.5 Å². The van der Waals surface area contributed by atoms with Crippen molar-refractivity contribution in [3.8, 4) is 0 Å². The molecule has 0 unspecified atom stereocenters. The molecule has 0 atom stereocenters. The van der Waals surface area contributed by atoms with Crippen molar-refractivity contribution in [2.45, 2.75) is 18.0 Å². The smallest absolute Gasteiger partial charge is 0.340 e. The van der Waals surface area contributed by atoms with Gasteiger partial charge < -0.3 is 5.32 Å². The van der Waals surface area contributed by atoms with Gasteiger partial charge in [-0.2, -0.15) is 13.2 Å². The number of pyridine rings is 1. The zero-order valence-corrected chi connectivity index (χ0v) is 14.0. The summed E-state index contributed by atoms with van der Waals surface area (Å²) in [5, 5.41) is 12.2. The van der Waals surface area contributed by atoms with Crippen LogP contribution in [0.2, 0.25) is 0 Å². The number of hydrogen-bond donors (Lipinski definition) is 1. The number of benzene rings is 1. The number of nitrogens with zero attached hydrogens (tertiary/aromatic N) is 2. The third-order valence-corrected chi connectivity index (χ3v) is 4.93. The summed E-state index contributed by atoms with van der Waals surface area (Å²) in [4.78, 5) is 13.2. The maximum absolute atomic E-state index is 12.5. The lowest BCUT2D eigenvalue weighted by molar-refractivity contribution is -0.411. The summed E-state index contributed by atoms with van der Waals surface area (Å²) >= 11 is 0. The Labute approximate surface area is 146 Å². The summed E-state index contributed by atoms with van der Waals surface area (Å²) in [5.74, 6) is -0.184. The van der Waals surface area contributed by atoms with E-state index in [9.17, 15) is 31.7 Å². The number of rotatable bonds is 5. The minimum absolute atomic E-state index is 0.184. The zero-order chi connectivity index (χ0) is 19.5. The molecule has 0 spiro atoms. The molecule has 0 bridgehead atoms. The fourth-order valence-corrected chi connectivity index (χ4v) is 3.00. The predicted molar refractivity (Wildman–Crippen MR) is 86.3 cm³/mol. The molecule has 2 rings (SSSR count). The van der Waals surface area contributed by atoms with Crippen LogP contribution in [0, 0.1) is 17.0 Å². The van der Waals surface area contributed by atoms with Crippen LogP contribution in [0.3, 0.4) is 0 Å². The molecule has 0 fully saturated rings. The first-order chi connectivity index (χ1) is 12.0. The summed E-state index contributed by atoms with van der Waals surface area (Å²) in [7, 11) is -4.43. The second kappa shape index (κ2) is 7.12. The summed E-state index contributed by atoms with van der Waals surface area (Å²) in [6, 6.07) is 7.04. The van der Waals surface area contributed by atoms with Crippen molar-refractivity contribution in [3.05, 3.63) is 75.1 Å². The maximum atomic E-state index is 12.5. The van der Waals surface area contributed by atoms with Gasteiger partial charge in [0.25, 0.3) is 9.84 Å². The van der Waals surface area contributed by atoms with Crippen molar-refractivity contribution in [1.82, 2.24) is 4.98 Å². The number of halogens is 3. The predicted octanol–water partition coefficient (Wildman–Crippen LogP) is 3.37. The second-order valence-electron chi connectivity index (χ2n) is 5.13. The number of aromatic nitrogens is 1. The van der Waals surface area contributed by atoms with E-state index in [2.05, 4.69) is 10.3 Å². The first-order valence-electron chi connectivity index (χ1n) is 6.98. The fraction of sp³-hybridized carbons (Fsp3) is 0.133. The standard InChI is InChI=1S/C15H12F3N3O4S/c1-10-2-5-12(6-3-10)26(24,25)14(21(22)23)9-20-13-7-4-11(8-19-13)15(16,17)18/h2-9H,1H3,(H,19,20). The Bertz CT molecular complexity index is 938. The van der Waals surface area contributed by atoms with E-state index in [0.29, 0.717) is 18.5 Å². The number of nitrogens with one attached hydrogen (secondary N) is 1. The van der Waals surface area contributed by atoms with Gasteiger partial charge in [-0.3, -0.25) is 10.1 Å². The van der Waals surface area contributed by atoms with Gasteiger partial charge in [-0.05, 0) is 31.2 Å². The van der Waals surface area contributed by atoms with Crippen LogP contribution in [0.4, 0.5) is 19.0 Å². The highest BCUT2D eigenvalue weighted by molar-refractivity contribution is 7.95. The number of hydrogen-bond acceptors (Lipinski definition) is 6. The van der Waals surface area contributed by atoms with Gasteiger partial charge in [0.2, 0.25) is 0 Å². The molecule has 0 saturated heterocycles. The molecular weight excluding hydrogens is 375 g/mol. The van der Waals surface area contributed by atoms with Crippen molar-refractivity contribution >= 4 is 15.7 Å². The van der Waals surface area contributed by atoms with Crippen LogP contribution in [0.25, 0.3) is 0 Å². The molecule has 1 heterocycles. The largest absolute Gasteiger partial charge is 0.417 e. The fourth-order valence-electron chi connectivity index (χ4n) is 1.85. The van der Waals surface area contributed by atoms with Crippen LogP contribution in [0.5, 0.6) is 0 Å². The van der Waals surface area contributed by atoms with Crippen molar-refractivity contribution in [2.24, 2.45) is 0 Å². The van der Waals surface area contributed by atoms with Crippen LogP contribution in [0.1, 0.15) is 11.1 Å². The number of nitro groups is 1. The first-order valence-corrected chi connectivity index (χ1v) is 8.46. The van der Waals surface area contributed by atoms with E-state index < -0.39 is 31.5 Å². The van der Waals surface area contributed by atoms with Gasteiger partial charge in [0.05, 0.1) is 21.6 Å². The monoisotopic (exact) mass is 387 g/mol. The highest BCUT2D eigenvalue weighted by Gasteiger charge is 2.32. The van der Waals surface area contributed by atoms with Gasteiger partial charge in [0.1, 0.15) is 5.82 Å². The molecule has 138 valence electrons. The van der Waals surface area contributed by atoms with Crippen LogP contribution in [0.15, 0.2) is 58.7 Å². The maximum Gasteiger partial charge on any atom is 0.417 e. The molecule has 1 aromatic heterocycles. The van der Waals surface area contributed by atoms with Crippen molar-refractivity contribution in [2.75, 3.05) is 5.32 Å². The summed E-state index contributed by atoms with van der Waals surface area (Å²) in [5.41, 5.74) is -0.239. The molecule has 1 aromatic carbocycles. The Morgan fingerprint density at radius 3 is 2.27 bits per heavy atom. The molecule has 11 heteroatoms. The summed E-state index contributed by atoms with van der Waals surface area (Å²) in [6.07, 6.45) is -3.48. The summed E-state index contributed by atoms with van der Waals surface area (Å²) in [6.45, 7) is 1.72. The Morgan fingerprint density at radius 1 is 1.19 bits per heavy atom. The molecule has 0 radical (unpaired) electrons. The Kier molecular flexibility index (Phi) is 5.30. The average Bonchev–Trinajstić information content (AvgIpc) is 2.54. The van der Waals surface area contributed by atoms with Gasteiger partial charge in [0, 0.05) is 6.20 Å². The zero-order valence-electron chi connectivity index (χ0n) is 13.2. The van der Waals surface area contributed by atoms with E-state index in [-0.39, 0.29) is 10.7 Å². The topological polar surface area (TPSA) is 102 Å². The van der Waals surface area contributed by atoms with E-state index in [4.69, 9.17) is 0 Å². The lowest BCUT2D eigenvalue weighted by Gasteiger charge is -2.07. The lowest BCUT2D eigenvalue weighted by Crippen LogP contribution is -2.14. The van der Waals surface area contributed by atoms with Crippen LogP contribution in [-0.4, -0.2) is 18.3 Å². The third kappa shape index (κ3) is 4.36. The molecule has 7 nitrogen and oxygen atoms in total. The number of aryl methyl sites for hydroxylation is 1. The second-order valence-corrected chi connectivity index (χ2v) is 7.03. The van der Waals surface area contributed by atoms with Crippen molar-refractivity contribution in [1.29, 1.82) is 0 Å². The molecule has 0 aliphatic carbocycles. The molecule has 2 aromatic rings. The molecular formula is C15H12F3N3O4S. The highest BCUT2D eigenvalue weighted by Crippen LogP contribution is 2.29. The third-order valence-electron chi connectivity index (χ3n) is 3.22. The van der Waals surface area contributed by atoms with Gasteiger partial charge in [-0.1, -0.05) is 17.7 Å². The molecule has 1 N–H and O–H groups in total. The Balaban J connectivity index is 2.32. The number of anilines is 1. The van der Waals surface area contributed by atoms with Crippen LogP contribution < -0.4 is 5.32 Å². The number of sulfone groups is 1. The molecule has 0 saturated carbocycles. The normalized spacial score (nSPS) is 12.7. The van der Waals surface area contributed by atoms with Gasteiger partial charge in [0.15, 0.2) is 0 Å². The molecule has 0 aliphatic rings. The Hall–Kier alpha value is -2.95. The van der Waals surface area contributed by atoms with Gasteiger partial charge in [-0.25, -0.2) is 13.4 Å². The molecule has 26 heavy (non-hydrogen) atoms. The van der Waals surface area contributed by atoms with Gasteiger partial charge in [-0.15, -0.1) is 0 Å². The van der Waals surface area contributed by atoms with E-state index in [0.717, 1.165) is 11.6 Å². The number of alkyl halides is 3. The van der Waals surface area contributed by atoms with Crippen LogP contribution in [-0.2, 0) is 16.0 Å². The van der Waals surface area contributed by atoms with Crippen molar-refractivity contribution in [3.63, 3.8) is 0 Å². The highest BCUT2D eigenvalue weighted by atomic mass is 32.2. The lowest BCUT2D eigenvalue weighted by atomic mass is 10.2. The minimum Gasteiger partial charge on any atom is -0.340 e.